The first-order valence-electron chi connectivity index (χ1n) is 15.9. The Bertz CT molecular complexity index is 2820. The minimum absolute atomic E-state index is 0.629. The van der Waals surface area contributed by atoms with Crippen LogP contribution >= 0.6 is 11.3 Å². The Kier molecular flexibility index (Phi) is 6.01. The molecule has 10 aromatic rings. The molecule has 0 N–H and O–H groups in total. The third-order valence-corrected chi connectivity index (χ3v) is 10.2. The molecule has 0 aliphatic rings. The number of rotatable bonds is 4. The molecule has 0 saturated carbocycles. The topological polar surface area (TPSA) is 51.8 Å². The molecule has 0 amide bonds. The van der Waals surface area contributed by atoms with E-state index in [4.69, 9.17) is 19.4 Å². The van der Waals surface area contributed by atoms with E-state index in [1.54, 1.807) is 11.3 Å². The average molecular weight is 632 g/mol. The molecular weight excluding hydrogens is 607 g/mol. The standard InChI is InChI=1S/C43H25N3OS/c1-2-8-26(9-3-1)29-14-15-31-21-33(17-16-30(31)20-29)41-44-42(46-43(45-41)40-25-32-12-6-7-13-39(32)48-40)34-18-19-37-35(23-34)36-22-27-10-4-5-11-28(27)24-38(36)47-37/h1-25H. The summed E-state index contributed by atoms with van der Waals surface area (Å²) in [4.78, 5) is 16.3. The van der Waals surface area contributed by atoms with Crippen LogP contribution in [0.1, 0.15) is 0 Å². The molecule has 0 spiro atoms. The molecule has 7 aromatic carbocycles. The highest BCUT2D eigenvalue weighted by Gasteiger charge is 2.17. The minimum Gasteiger partial charge on any atom is -0.456 e. The van der Waals surface area contributed by atoms with Gasteiger partial charge in [0.2, 0.25) is 0 Å². The van der Waals surface area contributed by atoms with Gasteiger partial charge in [-0.05, 0) is 92.7 Å². The number of fused-ring (bicyclic) bond motifs is 6. The van der Waals surface area contributed by atoms with E-state index in [2.05, 4.69) is 133 Å². The maximum absolute atomic E-state index is 6.30. The summed E-state index contributed by atoms with van der Waals surface area (Å²) in [5.74, 6) is 1.94. The van der Waals surface area contributed by atoms with Crippen molar-refractivity contribution in [1.29, 1.82) is 0 Å². The Balaban J connectivity index is 1.14. The van der Waals surface area contributed by atoms with Crippen molar-refractivity contribution in [2.75, 3.05) is 0 Å². The second kappa shape index (κ2) is 10.7. The lowest BCUT2D eigenvalue weighted by molar-refractivity contribution is 0.669. The molecule has 224 valence electrons. The lowest BCUT2D eigenvalue weighted by Gasteiger charge is -2.09. The van der Waals surface area contributed by atoms with Gasteiger partial charge in [-0.15, -0.1) is 11.3 Å². The monoisotopic (exact) mass is 631 g/mol. The summed E-state index contributed by atoms with van der Waals surface area (Å²) in [5.41, 5.74) is 5.97. The molecule has 0 aliphatic carbocycles. The number of furan rings is 1. The molecule has 0 fully saturated rings. The maximum atomic E-state index is 6.30. The van der Waals surface area contributed by atoms with Crippen LogP contribution in [-0.2, 0) is 0 Å². The van der Waals surface area contributed by atoms with Crippen molar-refractivity contribution in [3.05, 3.63) is 152 Å². The number of hydrogen-bond donors (Lipinski definition) is 0. The SMILES string of the molecule is c1ccc(-c2ccc3cc(-c4nc(-c5ccc6oc7cc8ccccc8cc7c6c5)nc(-c5cc6ccccc6s5)n4)ccc3c2)cc1. The zero-order chi connectivity index (χ0) is 31.6. The van der Waals surface area contributed by atoms with Crippen LogP contribution in [-0.4, -0.2) is 15.0 Å². The molecule has 0 saturated heterocycles. The smallest absolute Gasteiger partial charge is 0.174 e. The molecular formula is C43H25N3OS. The van der Waals surface area contributed by atoms with Gasteiger partial charge in [-0.25, -0.2) is 15.0 Å². The van der Waals surface area contributed by atoms with Crippen LogP contribution in [0.15, 0.2) is 156 Å². The third kappa shape index (κ3) is 4.55. The van der Waals surface area contributed by atoms with E-state index in [1.165, 1.54) is 32.0 Å². The highest BCUT2D eigenvalue weighted by atomic mass is 32.1. The summed E-state index contributed by atoms with van der Waals surface area (Å²) >= 11 is 1.70. The summed E-state index contributed by atoms with van der Waals surface area (Å²) in [6, 6.07) is 53.0. The number of nitrogens with zero attached hydrogens (tertiary/aromatic N) is 3. The second-order valence-corrected chi connectivity index (χ2v) is 13.2. The minimum atomic E-state index is 0.629. The van der Waals surface area contributed by atoms with Crippen LogP contribution in [0.4, 0.5) is 0 Å². The molecule has 3 aromatic heterocycles. The molecule has 0 radical (unpaired) electrons. The Morgan fingerprint density at radius 1 is 0.375 bits per heavy atom. The van der Waals surface area contributed by atoms with Gasteiger partial charge in [0.15, 0.2) is 17.5 Å². The van der Waals surface area contributed by atoms with Gasteiger partial charge in [0.1, 0.15) is 11.2 Å². The molecule has 3 heterocycles. The summed E-state index contributed by atoms with van der Waals surface area (Å²) < 4.78 is 7.50. The fourth-order valence-corrected chi connectivity index (χ4v) is 7.63. The van der Waals surface area contributed by atoms with Crippen LogP contribution in [0.5, 0.6) is 0 Å². The van der Waals surface area contributed by atoms with Crippen LogP contribution in [0.25, 0.3) is 98.2 Å². The van der Waals surface area contributed by atoms with Crippen LogP contribution in [0.2, 0.25) is 0 Å². The Morgan fingerprint density at radius 3 is 1.75 bits per heavy atom. The molecule has 0 bridgehead atoms. The van der Waals surface area contributed by atoms with Crippen molar-refractivity contribution < 1.29 is 4.42 Å². The lowest BCUT2D eigenvalue weighted by atomic mass is 10.00. The molecule has 0 aliphatic heterocycles. The van der Waals surface area contributed by atoms with Gasteiger partial charge in [-0.2, -0.15) is 0 Å². The fourth-order valence-electron chi connectivity index (χ4n) is 6.63. The number of thiophene rings is 1. The summed E-state index contributed by atoms with van der Waals surface area (Å²) in [5, 5.41) is 7.94. The Morgan fingerprint density at radius 2 is 0.958 bits per heavy atom. The van der Waals surface area contributed by atoms with Gasteiger partial charge in [0, 0.05) is 26.6 Å². The summed E-state index contributed by atoms with van der Waals surface area (Å²) in [6.07, 6.45) is 0. The normalized spacial score (nSPS) is 11.8. The average Bonchev–Trinajstić information content (AvgIpc) is 3.75. The van der Waals surface area contributed by atoms with E-state index in [0.717, 1.165) is 48.7 Å². The highest BCUT2D eigenvalue weighted by molar-refractivity contribution is 7.22. The predicted octanol–water partition coefficient (Wildman–Crippen LogP) is 12.0. The van der Waals surface area contributed by atoms with Crippen molar-refractivity contribution >= 4 is 64.9 Å². The van der Waals surface area contributed by atoms with Crippen molar-refractivity contribution in [3.63, 3.8) is 0 Å². The predicted molar refractivity (Wildman–Crippen MR) is 199 cm³/mol. The largest absolute Gasteiger partial charge is 0.456 e. The molecule has 10 rings (SSSR count). The van der Waals surface area contributed by atoms with Gasteiger partial charge in [0.25, 0.3) is 0 Å². The first-order valence-corrected chi connectivity index (χ1v) is 16.7. The molecule has 5 heteroatoms. The van der Waals surface area contributed by atoms with E-state index in [9.17, 15) is 0 Å². The van der Waals surface area contributed by atoms with Gasteiger partial charge in [-0.3, -0.25) is 0 Å². The third-order valence-electron chi connectivity index (χ3n) is 9.08. The fraction of sp³-hybridized carbons (Fsp3) is 0. The van der Waals surface area contributed by atoms with Gasteiger partial charge < -0.3 is 4.42 Å². The Hall–Kier alpha value is -6.17. The number of hydrogen-bond acceptors (Lipinski definition) is 5. The molecule has 0 atom stereocenters. The van der Waals surface area contributed by atoms with Crippen LogP contribution in [0, 0.1) is 0 Å². The van der Waals surface area contributed by atoms with Gasteiger partial charge in [-0.1, -0.05) is 97.1 Å². The van der Waals surface area contributed by atoms with E-state index in [1.807, 2.05) is 18.2 Å². The summed E-state index contributed by atoms with van der Waals surface area (Å²) in [6.45, 7) is 0. The maximum Gasteiger partial charge on any atom is 0.174 e. The zero-order valence-corrected chi connectivity index (χ0v) is 26.4. The van der Waals surface area contributed by atoms with Crippen LogP contribution < -0.4 is 0 Å². The molecule has 0 unspecified atom stereocenters. The van der Waals surface area contributed by atoms with E-state index >= 15 is 0 Å². The van der Waals surface area contributed by atoms with E-state index in [-0.39, 0.29) is 0 Å². The van der Waals surface area contributed by atoms with Crippen molar-refractivity contribution in [2.45, 2.75) is 0 Å². The molecule has 4 nitrogen and oxygen atoms in total. The van der Waals surface area contributed by atoms with Crippen LogP contribution in [0.3, 0.4) is 0 Å². The van der Waals surface area contributed by atoms with E-state index in [0.29, 0.717) is 17.5 Å². The van der Waals surface area contributed by atoms with Crippen molar-refractivity contribution in [3.8, 4) is 44.6 Å². The first-order chi connectivity index (χ1) is 23.7. The summed E-state index contributed by atoms with van der Waals surface area (Å²) in [7, 11) is 0. The highest BCUT2D eigenvalue weighted by Crippen LogP contribution is 2.37. The second-order valence-electron chi connectivity index (χ2n) is 12.1. The van der Waals surface area contributed by atoms with E-state index < -0.39 is 0 Å². The van der Waals surface area contributed by atoms with Gasteiger partial charge in [0.05, 0.1) is 4.88 Å². The first kappa shape index (κ1) is 27.0. The Labute approximate surface area is 279 Å². The number of benzene rings is 7. The quantitative estimate of drug-likeness (QED) is 0.194. The van der Waals surface area contributed by atoms with Gasteiger partial charge >= 0.3 is 0 Å². The lowest BCUT2D eigenvalue weighted by Crippen LogP contribution is -1.99. The zero-order valence-electron chi connectivity index (χ0n) is 25.6. The van der Waals surface area contributed by atoms with Crippen molar-refractivity contribution in [2.24, 2.45) is 0 Å². The number of aromatic nitrogens is 3. The van der Waals surface area contributed by atoms with Crippen molar-refractivity contribution in [1.82, 2.24) is 15.0 Å². The molecule has 48 heavy (non-hydrogen) atoms.